The third-order valence-corrected chi connectivity index (χ3v) is 9.43. The first kappa shape index (κ1) is 32.7. The molecule has 1 aliphatic carbocycles. The molecule has 0 radical (unpaired) electrons. The number of amidine groups is 1. The number of nitrogens with two attached hydrogens (primary N) is 1. The zero-order chi connectivity index (χ0) is 32.3. The number of sulfonamides is 1. The molecular weight excluding hydrogens is 641 g/mol. The van der Waals surface area contributed by atoms with E-state index in [1.807, 2.05) is 0 Å². The van der Waals surface area contributed by atoms with Crippen molar-refractivity contribution in [3.05, 3.63) is 105 Å². The van der Waals surface area contributed by atoms with Gasteiger partial charge in [-0.25, -0.2) is 18.6 Å². The van der Waals surface area contributed by atoms with E-state index in [1.165, 1.54) is 0 Å². The van der Waals surface area contributed by atoms with Crippen molar-refractivity contribution in [2.24, 2.45) is 10.9 Å². The van der Waals surface area contributed by atoms with Gasteiger partial charge in [-0.3, -0.25) is 14.4 Å². The van der Waals surface area contributed by atoms with Crippen LogP contribution in [0.15, 0.2) is 71.9 Å². The number of hydrogen-bond donors (Lipinski definition) is 4. The summed E-state index contributed by atoms with van der Waals surface area (Å²) < 4.78 is 27.5. The topological polar surface area (TPSA) is 163 Å². The molecule has 45 heavy (non-hydrogen) atoms. The third kappa shape index (κ3) is 7.26. The van der Waals surface area contributed by atoms with Gasteiger partial charge in [-0.15, -0.1) is 0 Å². The highest BCUT2D eigenvalue weighted by atomic mass is 35.5. The number of oxime groups is 1. The largest absolute Gasteiger partial charge is 0.409 e. The zero-order valence-corrected chi connectivity index (χ0v) is 26.6. The van der Waals surface area contributed by atoms with E-state index in [0.717, 1.165) is 19.1 Å². The Labute approximate surface area is 271 Å². The fourth-order valence-corrected chi connectivity index (χ4v) is 7.61. The van der Waals surface area contributed by atoms with Crippen LogP contribution in [0.3, 0.4) is 0 Å². The molecule has 1 heterocycles. The van der Waals surface area contributed by atoms with Crippen molar-refractivity contribution in [3.8, 4) is 0 Å². The van der Waals surface area contributed by atoms with Crippen LogP contribution in [0.4, 0.5) is 0 Å². The molecular formula is C31H33Cl2N5O6S. The minimum absolute atomic E-state index is 0.0371. The van der Waals surface area contributed by atoms with Gasteiger partial charge >= 0.3 is 0 Å². The first-order valence-electron chi connectivity index (χ1n) is 14.3. The van der Waals surface area contributed by atoms with E-state index in [9.17, 15) is 18.0 Å². The molecule has 0 bridgehead atoms. The van der Waals surface area contributed by atoms with Crippen molar-refractivity contribution in [2.75, 3.05) is 6.26 Å². The fourth-order valence-electron chi connectivity index (χ4n) is 6.26. The van der Waals surface area contributed by atoms with Crippen molar-refractivity contribution in [1.29, 1.82) is 0 Å². The molecule has 0 spiro atoms. The van der Waals surface area contributed by atoms with E-state index < -0.39 is 40.0 Å². The van der Waals surface area contributed by atoms with Gasteiger partial charge in [0.15, 0.2) is 5.84 Å². The number of halogens is 2. The van der Waals surface area contributed by atoms with Crippen LogP contribution in [0.25, 0.3) is 0 Å². The van der Waals surface area contributed by atoms with E-state index in [0.29, 0.717) is 45.7 Å². The summed E-state index contributed by atoms with van der Waals surface area (Å²) in [5.41, 5.74) is 10.7. The van der Waals surface area contributed by atoms with Crippen LogP contribution < -0.4 is 15.9 Å². The van der Waals surface area contributed by atoms with Crippen LogP contribution >= 0.6 is 23.2 Å². The Balaban J connectivity index is 1.55. The summed E-state index contributed by atoms with van der Waals surface area (Å²) in [7, 11) is -3.61. The van der Waals surface area contributed by atoms with Crippen LogP contribution in [0.5, 0.6) is 0 Å². The average molecular weight is 675 g/mol. The molecule has 1 fully saturated rings. The highest BCUT2D eigenvalue weighted by Gasteiger charge is 2.49. The molecule has 1 unspecified atom stereocenters. The number of fused-ring (bicyclic) bond motifs is 1. The minimum Gasteiger partial charge on any atom is -0.409 e. The lowest BCUT2D eigenvalue weighted by atomic mass is 9.76. The predicted octanol–water partition coefficient (Wildman–Crippen LogP) is 4.48. The van der Waals surface area contributed by atoms with E-state index in [4.69, 9.17) is 39.0 Å². The van der Waals surface area contributed by atoms with Crippen molar-refractivity contribution in [1.82, 2.24) is 15.1 Å². The van der Waals surface area contributed by atoms with Crippen molar-refractivity contribution >= 4 is 50.9 Å². The first-order valence-corrected chi connectivity index (χ1v) is 17.0. The molecule has 0 saturated heterocycles. The number of rotatable bonds is 9. The van der Waals surface area contributed by atoms with E-state index in [1.54, 1.807) is 71.6 Å². The molecule has 3 aromatic carbocycles. The molecule has 1 aliphatic heterocycles. The number of nitrogens with zero attached hydrogens (tertiary/aromatic N) is 2. The van der Waals surface area contributed by atoms with Crippen LogP contribution in [0, 0.1) is 0 Å². The van der Waals surface area contributed by atoms with Gasteiger partial charge in [-0.2, -0.15) is 0 Å². The molecule has 3 aromatic rings. The van der Waals surface area contributed by atoms with Gasteiger partial charge < -0.3 is 15.8 Å². The Morgan fingerprint density at radius 2 is 1.82 bits per heavy atom. The Hall–Kier alpha value is -3.68. The number of carbonyl (C=O) groups excluding carboxylic acids is 2. The van der Waals surface area contributed by atoms with Crippen molar-refractivity contribution in [3.63, 3.8) is 0 Å². The van der Waals surface area contributed by atoms with Crippen LogP contribution in [-0.4, -0.2) is 54.5 Å². The van der Waals surface area contributed by atoms with Crippen LogP contribution in [-0.2, 0) is 26.3 Å². The quantitative estimate of drug-likeness (QED) is 0.113. The number of hydrogen-bond acceptors (Lipinski definition) is 7. The minimum atomic E-state index is -3.61. The normalized spacial score (nSPS) is 22.2. The van der Waals surface area contributed by atoms with Crippen LogP contribution in [0.1, 0.15) is 70.3 Å². The van der Waals surface area contributed by atoms with Crippen molar-refractivity contribution in [2.45, 2.75) is 56.3 Å². The van der Waals surface area contributed by atoms with Gasteiger partial charge in [0.25, 0.3) is 11.8 Å². The molecule has 2 amide bonds. The van der Waals surface area contributed by atoms with E-state index in [-0.39, 0.29) is 23.4 Å². The van der Waals surface area contributed by atoms with Gasteiger partial charge in [-0.05, 0) is 53.8 Å². The number of amides is 2. The number of carbonyl (C=O) groups is 2. The summed E-state index contributed by atoms with van der Waals surface area (Å²) in [6.45, 7) is -0.0371. The summed E-state index contributed by atoms with van der Waals surface area (Å²) in [6.07, 6.45) is 3.68. The average Bonchev–Trinajstić information content (AvgIpc) is 3.00. The summed E-state index contributed by atoms with van der Waals surface area (Å²) in [5.74, 6) is -1.92. The Kier molecular flexibility index (Phi) is 10.00. The summed E-state index contributed by atoms with van der Waals surface area (Å²) in [5, 5.41) is 12.7. The smallest absolute Gasteiger partial charge is 0.255 e. The fraction of sp³-hybridized carbons (Fsp3) is 0.323. The van der Waals surface area contributed by atoms with E-state index in [2.05, 4.69) is 15.4 Å². The highest BCUT2D eigenvalue weighted by molar-refractivity contribution is 7.88. The molecule has 0 aromatic heterocycles. The Bertz CT molecular complexity index is 1740. The lowest BCUT2D eigenvalue weighted by molar-refractivity contribution is -0.138. The summed E-state index contributed by atoms with van der Waals surface area (Å²) >= 11 is 13.0. The first-order chi connectivity index (χ1) is 21.5. The number of benzene rings is 3. The predicted molar refractivity (Wildman–Crippen MR) is 170 cm³/mol. The number of hydroxylamine groups is 1. The number of nitrogens with one attached hydrogen (secondary N) is 2. The van der Waals surface area contributed by atoms with E-state index >= 15 is 0 Å². The second-order valence-corrected chi connectivity index (χ2v) is 13.8. The second kappa shape index (κ2) is 13.8. The van der Waals surface area contributed by atoms with Crippen LogP contribution in [0.2, 0.25) is 10.0 Å². The van der Waals surface area contributed by atoms with Gasteiger partial charge in [0, 0.05) is 33.3 Å². The van der Waals surface area contributed by atoms with Gasteiger partial charge in [0.2, 0.25) is 10.0 Å². The highest BCUT2D eigenvalue weighted by Crippen LogP contribution is 2.47. The molecule has 1 saturated carbocycles. The maximum Gasteiger partial charge on any atom is 0.255 e. The lowest BCUT2D eigenvalue weighted by Gasteiger charge is -2.49. The Morgan fingerprint density at radius 3 is 2.56 bits per heavy atom. The molecule has 11 nitrogen and oxygen atoms in total. The maximum atomic E-state index is 14.3. The molecule has 5 rings (SSSR count). The summed E-state index contributed by atoms with van der Waals surface area (Å²) in [6, 6.07) is 16.4. The molecule has 4 atom stereocenters. The SMILES string of the molecule is CS(=O)(=O)N[C@H]1CCCCC1N1C(=O)c2ccccc2[C@@H](C(=O)NOCc2cccc(C(N)=NO)c2)[C@@H]1c1ccc(Cl)cc1Cl. The maximum absolute atomic E-state index is 14.3. The van der Waals surface area contributed by atoms with Crippen molar-refractivity contribution < 1.29 is 28.1 Å². The lowest BCUT2D eigenvalue weighted by Crippen LogP contribution is -2.59. The molecule has 14 heteroatoms. The third-order valence-electron chi connectivity index (χ3n) is 8.13. The zero-order valence-electron chi connectivity index (χ0n) is 24.3. The molecule has 238 valence electrons. The van der Waals surface area contributed by atoms with Gasteiger partial charge in [0.05, 0.1) is 24.8 Å². The molecule has 5 N–H and O–H groups in total. The van der Waals surface area contributed by atoms with Gasteiger partial charge in [-0.1, -0.05) is 83.7 Å². The molecule has 2 aliphatic rings. The summed E-state index contributed by atoms with van der Waals surface area (Å²) in [4.78, 5) is 35.8. The standard InChI is InChI=1S/C31H33Cl2N5O6S/c1-45(42,43)37-25-11-4-5-12-26(25)38-28(23-14-13-20(32)16-24(23)33)27(21-9-2-3-10-22(21)31(38)40)30(39)36-44-17-18-7-6-8-19(15-18)29(34)35-41/h2-3,6-10,13-16,25-28,37,41H,4-5,11-12,17H2,1H3,(H2,34,35)(H,36,39)/t25-,26?,27+,28-/m0/s1. The second-order valence-electron chi connectivity index (χ2n) is 11.2. The Morgan fingerprint density at radius 1 is 1.07 bits per heavy atom. The van der Waals surface area contributed by atoms with Gasteiger partial charge in [0.1, 0.15) is 0 Å². The monoisotopic (exact) mass is 673 g/mol.